The molecule has 0 radical (unpaired) electrons. The van der Waals surface area contributed by atoms with Crippen LogP contribution in [0.15, 0.2) is 30.7 Å². The van der Waals surface area contributed by atoms with E-state index in [9.17, 15) is 9.90 Å². The van der Waals surface area contributed by atoms with Gasteiger partial charge in [-0.2, -0.15) is 4.98 Å². The highest BCUT2D eigenvalue weighted by molar-refractivity contribution is 7.20. The second-order valence-corrected chi connectivity index (χ2v) is 7.52. The molecule has 3 aromatic heterocycles. The number of halogens is 1. The Morgan fingerprint density at radius 3 is 2.45 bits per heavy atom. The van der Waals surface area contributed by atoms with Crippen LogP contribution in [0.1, 0.15) is 9.67 Å². The highest BCUT2D eigenvalue weighted by Gasteiger charge is 2.17. The average Bonchev–Trinajstić information content (AvgIpc) is 3.39. The number of benzene rings is 1. The molecule has 4 aromatic rings. The Morgan fingerprint density at radius 1 is 1.13 bits per heavy atom. The normalized spacial score (nSPS) is 10.8. The first-order valence-electron chi connectivity index (χ1n) is 8.75. The molecule has 0 saturated heterocycles. The molecule has 0 aliphatic heterocycles. The van der Waals surface area contributed by atoms with Crippen molar-refractivity contribution in [3.05, 3.63) is 40.9 Å². The van der Waals surface area contributed by atoms with E-state index in [1.165, 1.54) is 27.4 Å². The summed E-state index contributed by atoms with van der Waals surface area (Å²) in [6.45, 7) is 0. The third-order valence-electron chi connectivity index (χ3n) is 4.35. The highest BCUT2D eigenvalue weighted by atomic mass is 35.5. The van der Waals surface area contributed by atoms with Gasteiger partial charge < -0.3 is 29.2 Å². The number of imidazole rings is 1. The lowest BCUT2D eigenvalue weighted by Crippen LogP contribution is -1.99. The maximum atomic E-state index is 11.3. The second kappa shape index (κ2) is 8.28. The first kappa shape index (κ1) is 20.7. The van der Waals surface area contributed by atoms with Gasteiger partial charge in [0.25, 0.3) is 0 Å². The summed E-state index contributed by atoms with van der Waals surface area (Å²) in [7, 11) is 4.61. The van der Waals surface area contributed by atoms with Gasteiger partial charge in [-0.3, -0.25) is 0 Å². The van der Waals surface area contributed by atoms with E-state index in [0.29, 0.717) is 39.1 Å². The molecular formula is C19H16ClN5O5S. The van der Waals surface area contributed by atoms with Crippen LogP contribution in [0.4, 0.5) is 11.6 Å². The van der Waals surface area contributed by atoms with Crippen molar-refractivity contribution in [2.45, 2.75) is 0 Å². The van der Waals surface area contributed by atoms with Crippen LogP contribution in [-0.4, -0.2) is 51.9 Å². The number of nitrogens with one attached hydrogen (secondary N) is 1. The predicted molar refractivity (Wildman–Crippen MR) is 116 cm³/mol. The topological polar surface area (TPSA) is 121 Å². The van der Waals surface area contributed by atoms with Gasteiger partial charge in [0.1, 0.15) is 27.7 Å². The molecule has 3 heterocycles. The Labute approximate surface area is 185 Å². The van der Waals surface area contributed by atoms with Gasteiger partial charge in [-0.05, 0) is 17.7 Å². The van der Waals surface area contributed by atoms with Crippen molar-refractivity contribution >= 4 is 50.8 Å². The van der Waals surface area contributed by atoms with E-state index in [4.69, 9.17) is 25.8 Å². The molecule has 0 spiro atoms. The number of thiophene rings is 1. The van der Waals surface area contributed by atoms with Gasteiger partial charge in [0.05, 0.1) is 38.6 Å². The number of rotatable bonds is 7. The number of ether oxygens (including phenoxy) is 3. The summed E-state index contributed by atoms with van der Waals surface area (Å²) >= 11 is 7.02. The van der Waals surface area contributed by atoms with E-state index >= 15 is 0 Å². The molecular weight excluding hydrogens is 446 g/mol. The van der Waals surface area contributed by atoms with Crippen LogP contribution in [0.5, 0.6) is 17.2 Å². The molecule has 2 N–H and O–H groups in total. The summed E-state index contributed by atoms with van der Waals surface area (Å²) in [5.74, 6) is 1.27. The van der Waals surface area contributed by atoms with Crippen LogP contribution in [0, 0.1) is 0 Å². The Bertz CT molecular complexity index is 1260. The highest BCUT2D eigenvalue weighted by Crippen LogP contribution is 2.39. The average molecular weight is 462 g/mol. The summed E-state index contributed by atoms with van der Waals surface area (Å²) in [4.78, 5) is 24.5. The number of nitrogens with zero attached hydrogens (tertiary/aromatic N) is 4. The van der Waals surface area contributed by atoms with Gasteiger partial charge in [-0.1, -0.05) is 0 Å². The maximum absolute atomic E-state index is 11.3. The largest absolute Gasteiger partial charge is 0.493 e. The molecule has 12 heteroatoms. The Morgan fingerprint density at radius 2 is 1.84 bits per heavy atom. The minimum atomic E-state index is -1.04. The number of aromatic carboxylic acids is 1. The summed E-state index contributed by atoms with van der Waals surface area (Å²) in [6.07, 6.45) is 3.33. The third-order valence-corrected chi connectivity index (χ3v) is 5.54. The van der Waals surface area contributed by atoms with E-state index in [0.717, 1.165) is 17.0 Å². The van der Waals surface area contributed by atoms with E-state index in [1.807, 2.05) is 0 Å². The van der Waals surface area contributed by atoms with Gasteiger partial charge >= 0.3 is 5.97 Å². The van der Waals surface area contributed by atoms with Gasteiger partial charge in [0.15, 0.2) is 11.5 Å². The summed E-state index contributed by atoms with van der Waals surface area (Å²) in [5, 5.41) is 12.9. The lowest BCUT2D eigenvalue weighted by molar-refractivity contribution is 0.0702. The zero-order chi connectivity index (χ0) is 22.1. The number of carboxylic acid groups (broad SMARTS) is 1. The summed E-state index contributed by atoms with van der Waals surface area (Å²) in [6, 6.07) is 5.06. The fourth-order valence-corrected chi connectivity index (χ4v) is 4.05. The minimum Gasteiger partial charge on any atom is -0.493 e. The molecule has 0 amide bonds. The molecule has 0 saturated carbocycles. The van der Waals surface area contributed by atoms with Crippen molar-refractivity contribution in [2.24, 2.45) is 0 Å². The number of carbonyl (C=O) groups is 1. The molecule has 0 bridgehead atoms. The molecule has 31 heavy (non-hydrogen) atoms. The number of hydrogen-bond acceptors (Lipinski definition) is 9. The first-order chi connectivity index (χ1) is 14.9. The van der Waals surface area contributed by atoms with Crippen molar-refractivity contribution in [1.82, 2.24) is 19.5 Å². The number of fused-ring (bicyclic) bond motifs is 1. The van der Waals surface area contributed by atoms with Crippen molar-refractivity contribution < 1.29 is 24.1 Å². The van der Waals surface area contributed by atoms with Gasteiger partial charge in [0, 0.05) is 12.1 Å². The van der Waals surface area contributed by atoms with E-state index in [2.05, 4.69) is 20.3 Å². The molecule has 160 valence electrons. The van der Waals surface area contributed by atoms with Gasteiger partial charge in [-0.25, -0.2) is 14.8 Å². The second-order valence-electron chi connectivity index (χ2n) is 6.15. The fraction of sp³-hybridized carbons (Fsp3) is 0.158. The van der Waals surface area contributed by atoms with Crippen LogP contribution in [-0.2, 0) is 0 Å². The fourth-order valence-electron chi connectivity index (χ4n) is 2.96. The van der Waals surface area contributed by atoms with Crippen molar-refractivity contribution in [3.8, 4) is 22.9 Å². The zero-order valence-electron chi connectivity index (χ0n) is 16.5. The van der Waals surface area contributed by atoms with Crippen LogP contribution >= 0.6 is 22.9 Å². The van der Waals surface area contributed by atoms with Crippen LogP contribution < -0.4 is 19.5 Å². The van der Waals surface area contributed by atoms with Crippen LogP contribution in [0.3, 0.4) is 0 Å². The molecule has 10 nitrogen and oxygen atoms in total. The monoisotopic (exact) mass is 461 g/mol. The van der Waals surface area contributed by atoms with E-state index < -0.39 is 5.97 Å². The molecule has 0 atom stereocenters. The number of hydrogen-bond donors (Lipinski definition) is 2. The zero-order valence-corrected chi connectivity index (χ0v) is 18.1. The van der Waals surface area contributed by atoms with E-state index in [-0.39, 0.29) is 10.2 Å². The SMILES string of the molecule is COc1cc(-n2cnc(Nc3nc(Cl)nc4sc(C(=O)O)cc34)c2)cc(OC)c1OC. The summed E-state index contributed by atoms with van der Waals surface area (Å²) in [5.41, 5.74) is 0.726. The number of carboxylic acids is 1. The van der Waals surface area contributed by atoms with Crippen molar-refractivity contribution in [2.75, 3.05) is 26.6 Å². The smallest absolute Gasteiger partial charge is 0.345 e. The minimum absolute atomic E-state index is 0.00199. The molecule has 0 fully saturated rings. The van der Waals surface area contributed by atoms with Crippen molar-refractivity contribution in [1.29, 1.82) is 0 Å². The Kier molecular flexibility index (Phi) is 5.53. The van der Waals surface area contributed by atoms with Crippen LogP contribution in [0.25, 0.3) is 15.9 Å². The summed E-state index contributed by atoms with van der Waals surface area (Å²) < 4.78 is 17.9. The van der Waals surface area contributed by atoms with Crippen LogP contribution in [0.2, 0.25) is 5.28 Å². The quantitative estimate of drug-likeness (QED) is 0.393. The number of methoxy groups -OCH3 is 3. The Balaban J connectivity index is 1.70. The van der Waals surface area contributed by atoms with Crippen molar-refractivity contribution in [3.63, 3.8) is 0 Å². The third kappa shape index (κ3) is 3.92. The van der Waals surface area contributed by atoms with Gasteiger partial charge in [0.2, 0.25) is 11.0 Å². The molecule has 4 rings (SSSR count). The standard InChI is InChI=1S/C19H16ClN5O5S/c1-28-11-4-9(5-12(29-2)15(11)30-3)25-7-14(21-8-25)22-16-10-6-13(18(26)27)31-17(10)24-19(20)23-16/h4-8H,1-3H3,(H,26,27)(H,22,23,24). The Hall–Kier alpha value is -3.57. The van der Waals surface area contributed by atoms with E-state index in [1.54, 1.807) is 29.2 Å². The molecule has 1 aromatic carbocycles. The molecule has 0 aliphatic rings. The maximum Gasteiger partial charge on any atom is 0.345 e. The lowest BCUT2D eigenvalue weighted by Gasteiger charge is -2.14. The van der Waals surface area contributed by atoms with Gasteiger partial charge in [-0.15, -0.1) is 11.3 Å². The number of anilines is 2. The molecule has 0 unspecified atom stereocenters. The first-order valence-corrected chi connectivity index (χ1v) is 9.94. The molecule has 0 aliphatic carbocycles. The predicted octanol–water partition coefficient (Wildman–Crippen LogP) is 4.00. The number of aromatic nitrogens is 4. The lowest BCUT2D eigenvalue weighted by atomic mass is 10.2.